The zero-order valence-electron chi connectivity index (χ0n) is 12.7. The summed E-state index contributed by atoms with van der Waals surface area (Å²) in [6.45, 7) is 0.553. The highest BCUT2D eigenvalue weighted by atomic mass is 16.5. The van der Waals surface area contributed by atoms with E-state index in [1.807, 2.05) is 36.4 Å². The molecule has 0 aliphatic carbocycles. The summed E-state index contributed by atoms with van der Waals surface area (Å²) < 4.78 is 5.29. The highest BCUT2D eigenvalue weighted by Gasteiger charge is 2.32. The van der Waals surface area contributed by atoms with Crippen molar-refractivity contribution in [1.82, 2.24) is 4.98 Å². The third-order valence-electron chi connectivity index (χ3n) is 4.27. The van der Waals surface area contributed by atoms with Crippen molar-refractivity contribution in [3.05, 3.63) is 42.0 Å². The number of ether oxygens (including phenoxy) is 1. The van der Waals surface area contributed by atoms with Crippen LogP contribution in [0.1, 0.15) is 16.8 Å². The number of anilines is 1. The van der Waals surface area contributed by atoms with Crippen LogP contribution in [0, 0.1) is 0 Å². The van der Waals surface area contributed by atoms with Gasteiger partial charge in [-0.25, -0.2) is 4.98 Å². The Morgan fingerprint density at radius 3 is 2.87 bits per heavy atom. The van der Waals surface area contributed by atoms with E-state index in [1.165, 1.54) is 0 Å². The summed E-state index contributed by atoms with van der Waals surface area (Å²) in [5.41, 5.74) is 3.14. The van der Waals surface area contributed by atoms with Crippen LogP contribution >= 0.6 is 0 Å². The fourth-order valence-electron chi connectivity index (χ4n) is 3.22. The number of pyridine rings is 1. The number of carbonyl (C=O) groups excluding carboxylic acids is 1. The van der Waals surface area contributed by atoms with Crippen LogP contribution in [0.3, 0.4) is 0 Å². The van der Waals surface area contributed by atoms with Crippen molar-refractivity contribution in [3.63, 3.8) is 0 Å². The van der Waals surface area contributed by atoms with E-state index < -0.39 is 0 Å². The van der Waals surface area contributed by atoms with Crippen LogP contribution < -0.4 is 9.64 Å². The summed E-state index contributed by atoms with van der Waals surface area (Å²) in [5, 5.41) is 10.8. The number of amides is 1. The van der Waals surface area contributed by atoms with E-state index in [0.29, 0.717) is 24.3 Å². The molecule has 0 unspecified atom stereocenters. The average Bonchev–Trinajstić information content (AvgIpc) is 2.87. The van der Waals surface area contributed by atoms with Crippen molar-refractivity contribution in [2.75, 3.05) is 25.2 Å². The van der Waals surface area contributed by atoms with Crippen molar-refractivity contribution in [2.45, 2.75) is 6.42 Å². The lowest BCUT2D eigenvalue weighted by Crippen LogP contribution is -2.28. The summed E-state index contributed by atoms with van der Waals surface area (Å²) in [6, 6.07) is 11.4. The van der Waals surface area contributed by atoms with Gasteiger partial charge in [0.25, 0.3) is 5.91 Å². The summed E-state index contributed by atoms with van der Waals surface area (Å²) >= 11 is 0. The van der Waals surface area contributed by atoms with Gasteiger partial charge in [-0.2, -0.15) is 0 Å². The Balaban J connectivity index is 2.03. The molecule has 23 heavy (non-hydrogen) atoms. The second-order valence-electron chi connectivity index (χ2n) is 5.58. The number of hydrogen-bond donors (Lipinski definition) is 1. The smallest absolute Gasteiger partial charge is 0.259 e. The van der Waals surface area contributed by atoms with Gasteiger partial charge >= 0.3 is 0 Å². The van der Waals surface area contributed by atoms with Crippen LogP contribution in [-0.4, -0.2) is 36.3 Å². The molecule has 116 valence electrons. The maximum absolute atomic E-state index is 13.0. The molecule has 2 heterocycles. The van der Waals surface area contributed by atoms with Crippen LogP contribution in [0.5, 0.6) is 5.75 Å². The Kier molecular flexibility index (Phi) is 3.16. The van der Waals surface area contributed by atoms with Gasteiger partial charge in [-0.3, -0.25) is 4.79 Å². The number of aliphatic hydroxyl groups is 1. The van der Waals surface area contributed by atoms with Crippen molar-refractivity contribution < 1.29 is 14.6 Å². The Labute approximate surface area is 133 Å². The van der Waals surface area contributed by atoms with Crippen molar-refractivity contribution in [3.8, 4) is 5.75 Å². The number of fused-ring (bicyclic) bond motifs is 2. The highest BCUT2D eigenvalue weighted by molar-refractivity contribution is 6.30. The maximum Gasteiger partial charge on any atom is 0.259 e. The molecule has 5 heteroatoms. The first-order valence-electron chi connectivity index (χ1n) is 7.58. The molecule has 1 amide bonds. The maximum atomic E-state index is 13.0. The predicted octanol–water partition coefficient (Wildman–Crippen LogP) is 2.74. The normalized spacial score (nSPS) is 13.3. The number of rotatable bonds is 4. The van der Waals surface area contributed by atoms with Gasteiger partial charge in [0.2, 0.25) is 0 Å². The van der Waals surface area contributed by atoms with Gasteiger partial charge in [-0.05, 0) is 36.8 Å². The zero-order chi connectivity index (χ0) is 16.0. The highest BCUT2D eigenvalue weighted by Crippen LogP contribution is 2.40. The van der Waals surface area contributed by atoms with Gasteiger partial charge in [0.1, 0.15) is 5.75 Å². The minimum atomic E-state index is -0.0368. The third-order valence-corrected chi connectivity index (χ3v) is 4.27. The number of aliphatic hydroxyl groups excluding tert-OH is 1. The molecular weight excluding hydrogens is 292 g/mol. The van der Waals surface area contributed by atoms with Crippen LogP contribution in [-0.2, 0) is 0 Å². The molecular formula is C18H16N2O3. The van der Waals surface area contributed by atoms with E-state index in [9.17, 15) is 4.79 Å². The van der Waals surface area contributed by atoms with E-state index in [4.69, 9.17) is 9.84 Å². The Morgan fingerprint density at radius 2 is 2.09 bits per heavy atom. The van der Waals surface area contributed by atoms with Gasteiger partial charge < -0.3 is 14.7 Å². The van der Waals surface area contributed by atoms with Gasteiger partial charge in [0.05, 0.1) is 29.4 Å². The average molecular weight is 308 g/mol. The Bertz CT molecular complexity index is 936. The first-order chi connectivity index (χ1) is 11.2. The van der Waals surface area contributed by atoms with E-state index in [2.05, 4.69) is 4.98 Å². The van der Waals surface area contributed by atoms with Gasteiger partial charge in [-0.1, -0.05) is 6.07 Å². The molecule has 5 nitrogen and oxygen atoms in total. The molecule has 1 aromatic heterocycles. The van der Waals surface area contributed by atoms with Crippen LogP contribution in [0.15, 0.2) is 36.4 Å². The topological polar surface area (TPSA) is 62.7 Å². The van der Waals surface area contributed by atoms with E-state index in [0.717, 1.165) is 27.5 Å². The van der Waals surface area contributed by atoms with Gasteiger partial charge in [-0.15, -0.1) is 0 Å². The standard InChI is InChI=1S/C18H16N2O3/c1-23-11-6-7-13-12(10-11)16-17-14(19-13)4-2-5-15(17)20(18(16)22)8-3-9-21/h2,4-7,10,21H,3,8-9H2,1H3. The lowest BCUT2D eigenvalue weighted by atomic mass is 10.0. The molecule has 4 rings (SSSR count). The first kappa shape index (κ1) is 14.0. The fourth-order valence-corrected chi connectivity index (χ4v) is 3.22. The molecule has 0 bridgehead atoms. The molecule has 0 fully saturated rings. The minimum absolute atomic E-state index is 0.0368. The summed E-state index contributed by atoms with van der Waals surface area (Å²) in [5.74, 6) is 0.666. The number of carbonyl (C=O) groups is 1. The molecule has 2 aromatic carbocycles. The molecule has 3 aromatic rings. The van der Waals surface area contributed by atoms with E-state index in [1.54, 1.807) is 12.0 Å². The monoisotopic (exact) mass is 308 g/mol. The lowest BCUT2D eigenvalue weighted by molar-refractivity contribution is 0.0993. The second kappa shape index (κ2) is 5.21. The Morgan fingerprint density at radius 1 is 1.22 bits per heavy atom. The second-order valence-corrected chi connectivity index (χ2v) is 5.58. The molecule has 0 spiro atoms. The SMILES string of the molecule is COc1ccc2nc3cccc4c3c(c2c1)C(=O)N4CCCO. The summed E-state index contributed by atoms with van der Waals surface area (Å²) in [7, 11) is 1.61. The quantitative estimate of drug-likeness (QED) is 0.753. The minimum Gasteiger partial charge on any atom is -0.497 e. The van der Waals surface area contributed by atoms with Gasteiger partial charge in [0, 0.05) is 23.9 Å². The van der Waals surface area contributed by atoms with Crippen LogP contribution in [0.4, 0.5) is 5.69 Å². The van der Waals surface area contributed by atoms with Crippen molar-refractivity contribution in [2.24, 2.45) is 0 Å². The van der Waals surface area contributed by atoms with Crippen molar-refractivity contribution >= 4 is 33.4 Å². The zero-order valence-corrected chi connectivity index (χ0v) is 12.7. The molecule has 0 atom stereocenters. The number of benzene rings is 2. The number of hydrogen-bond acceptors (Lipinski definition) is 4. The molecule has 1 aliphatic rings. The molecule has 0 radical (unpaired) electrons. The number of nitrogens with zero attached hydrogens (tertiary/aromatic N) is 2. The predicted molar refractivity (Wildman–Crippen MR) is 89.2 cm³/mol. The lowest BCUT2D eigenvalue weighted by Gasteiger charge is -2.16. The molecule has 1 aliphatic heterocycles. The third kappa shape index (κ3) is 1.97. The van der Waals surface area contributed by atoms with Crippen molar-refractivity contribution in [1.29, 1.82) is 0 Å². The number of methoxy groups -OCH3 is 1. The molecule has 1 N–H and O–H groups in total. The summed E-state index contributed by atoms with van der Waals surface area (Å²) in [6.07, 6.45) is 0.546. The van der Waals surface area contributed by atoms with E-state index >= 15 is 0 Å². The van der Waals surface area contributed by atoms with E-state index in [-0.39, 0.29) is 12.5 Å². The largest absolute Gasteiger partial charge is 0.497 e. The first-order valence-corrected chi connectivity index (χ1v) is 7.58. The Hall–Kier alpha value is -2.66. The molecule has 0 saturated heterocycles. The molecule has 0 saturated carbocycles. The van der Waals surface area contributed by atoms with Crippen LogP contribution in [0.2, 0.25) is 0 Å². The fraction of sp³-hybridized carbons (Fsp3) is 0.222. The summed E-state index contributed by atoms with van der Waals surface area (Å²) in [4.78, 5) is 19.4. The van der Waals surface area contributed by atoms with Crippen LogP contribution in [0.25, 0.3) is 21.8 Å². The number of aromatic nitrogens is 1. The van der Waals surface area contributed by atoms with Gasteiger partial charge in [0.15, 0.2) is 0 Å².